The van der Waals surface area contributed by atoms with E-state index in [9.17, 15) is 9.00 Å². The molecule has 0 saturated carbocycles. The lowest BCUT2D eigenvalue weighted by atomic mass is 10.0. The summed E-state index contributed by atoms with van der Waals surface area (Å²) in [4.78, 5) is 15.2. The first-order valence-electron chi connectivity index (χ1n) is 8.70. The Balaban J connectivity index is 1.79. The summed E-state index contributed by atoms with van der Waals surface area (Å²) in [7, 11) is -1.16. The van der Waals surface area contributed by atoms with Crippen molar-refractivity contribution in [1.29, 1.82) is 0 Å². The van der Waals surface area contributed by atoms with Gasteiger partial charge < -0.3 is 16.0 Å². The number of primary amides is 1. The van der Waals surface area contributed by atoms with Gasteiger partial charge in [0.15, 0.2) is 0 Å². The van der Waals surface area contributed by atoms with Crippen LogP contribution in [0.25, 0.3) is 10.9 Å². The van der Waals surface area contributed by atoms with Crippen LogP contribution < -0.4 is 11.1 Å². The lowest BCUT2D eigenvalue weighted by Gasteiger charge is -2.17. The first-order valence-corrected chi connectivity index (χ1v) is 10.0. The summed E-state index contributed by atoms with van der Waals surface area (Å²) >= 11 is 0. The van der Waals surface area contributed by atoms with Crippen molar-refractivity contribution in [1.82, 2.24) is 10.3 Å². The predicted molar refractivity (Wildman–Crippen MR) is 103 cm³/mol. The Labute approximate surface area is 154 Å². The number of carbonyl (C=O) groups is 1. The number of aromatic amines is 1. The van der Waals surface area contributed by atoms with Crippen LogP contribution in [0.4, 0.5) is 0 Å². The van der Waals surface area contributed by atoms with Crippen LogP contribution in [0, 0.1) is 0 Å². The van der Waals surface area contributed by atoms with Crippen LogP contribution in [-0.2, 0) is 34.2 Å². The number of carbonyl (C=O) groups excluding carboxylic acids is 1. The summed E-state index contributed by atoms with van der Waals surface area (Å²) in [6.45, 7) is 0.597. The van der Waals surface area contributed by atoms with E-state index in [-0.39, 0.29) is 5.91 Å². The second-order valence-corrected chi connectivity index (χ2v) is 8.04. The second-order valence-electron chi connectivity index (χ2n) is 6.65. The minimum absolute atomic E-state index is 0.352. The highest BCUT2D eigenvalue weighted by Gasteiger charge is 2.20. The Hall–Kier alpha value is -2.44. The molecule has 0 spiro atoms. The number of para-hydroxylation sites is 1. The zero-order chi connectivity index (χ0) is 18.1. The number of amides is 1. The molecule has 1 aromatic heterocycles. The van der Waals surface area contributed by atoms with Crippen molar-refractivity contribution < 1.29 is 9.00 Å². The van der Waals surface area contributed by atoms with Gasteiger partial charge in [0.25, 0.3) is 0 Å². The van der Waals surface area contributed by atoms with Gasteiger partial charge in [-0.3, -0.25) is 9.00 Å². The van der Waals surface area contributed by atoms with E-state index >= 15 is 0 Å². The van der Waals surface area contributed by atoms with Gasteiger partial charge in [-0.2, -0.15) is 0 Å². The highest BCUT2D eigenvalue weighted by molar-refractivity contribution is 7.84. The van der Waals surface area contributed by atoms with Gasteiger partial charge in [-0.05, 0) is 35.6 Å². The number of aromatic nitrogens is 1. The van der Waals surface area contributed by atoms with Crippen LogP contribution >= 0.6 is 0 Å². The summed E-state index contributed by atoms with van der Waals surface area (Å²) in [5, 5.41) is 5.12. The van der Waals surface area contributed by atoms with Crippen molar-refractivity contribution in [2.45, 2.75) is 29.7 Å². The van der Waals surface area contributed by atoms with Gasteiger partial charge in [-0.15, -0.1) is 0 Å². The molecule has 2 aromatic carbocycles. The largest absolute Gasteiger partial charge is 0.368 e. The number of benzene rings is 2. The number of hydrogen-bond donors (Lipinski definition) is 3. The van der Waals surface area contributed by atoms with Gasteiger partial charge in [0.2, 0.25) is 5.91 Å². The molecule has 5 nitrogen and oxygen atoms in total. The molecule has 4 rings (SSSR count). The molecule has 1 aliphatic rings. The van der Waals surface area contributed by atoms with Gasteiger partial charge in [0, 0.05) is 17.4 Å². The van der Waals surface area contributed by atoms with Gasteiger partial charge in [0.1, 0.15) is 5.03 Å². The third-order valence-corrected chi connectivity index (χ3v) is 6.24. The van der Waals surface area contributed by atoms with Crippen LogP contribution in [0.2, 0.25) is 0 Å². The summed E-state index contributed by atoms with van der Waals surface area (Å²) in [6, 6.07) is 15.5. The lowest BCUT2D eigenvalue weighted by Crippen LogP contribution is -2.43. The molecule has 0 fully saturated rings. The molecule has 134 valence electrons. The Morgan fingerprint density at radius 3 is 2.77 bits per heavy atom. The maximum Gasteiger partial charge on any atom is 0.234 e. The molecule has 1 aliphatic heterocycles. The van der Waals surface area contributed by atoms with E-state index in [1.807, 2.05) is 48.5 Å². The predicted octanol–water partition coefficient (Wildman–Crippen LogP) is 2.02. The zero-order valence-electron chi connectivity index (χ0n) is 14.3. The molecule has 3 aromatic rings. The first kappa shape index (κ1) is 17.0. The molecule has 0 radical (unpaired) electrons. The van der Waals surface area contributed by atoms with Crippen LogP contribution in [0.1, 0.15) is 16.7 Å². The molecule has 2 unspecified atom stereocenters. The topological polar surface area (TPSA) is 88.0 Å². The number of rotatable bonds is 1. The van der Waals surface area contributed by atoms with Crippen molar-refractivity contribution in [2.75, 3.05) is 6.54 Å². The van der Waals surface area contributed by atoms with Crippen molar-refractivity contribution in [2.24, 2.45) is 5.73 Å². The molecule has 2 bridgehead atoms. The standard InChI is InChI=1S/C20H21N3O2S/c21-19(24)18-11-13-4-3-5-14(10-13)12-26(25)20-16(8-9-22-18)15-6-1-2-7-17(15)23-20/h1-7,10,18,22-23H,8-9,11-12H2,(H2,21,24). The molecule has 26 heavy (non-hydrogen) atoms. The molecule has 2 atom stereocenters. The van der Waals surface area contributed by atoms with Gasteiger partial charge in [-0.25, -0.2) is 0 Å². The Bertz CT molecular complexity index is 996. The third kappa shape index (κ3) is 3.30. The number of nitrogens with two attached hydrogens (primary N) is 1. The smallest absolute Gasteiger partial charge is 0.234 e. The third-order valence-electron chi connectivity index (χ3n) is 4.84. The molecule has 0 saturated heterocycles. The van der Waals surface area contributed by atoms with Crippen LogP contribution in [-0.4, -0.2) is 27.7 Å². The first-order chi connectivity index (χ1) is 12.6. The monoisotopic (exact) mass is 367 g/mol. The molecular weight excluding hydrogens is 346 g/mol. The van der Waals surface area contributed by atoms with Crippen molar-refractivity contribution in [3.63, 3.8) is 0 Å². The zero-order valence-corrected chi connectivity index (χ0v) is 15.1. The fourth-order valence-electron chi connectivity index (χ4n) is 3.57. The average Bonchev–Trinajstić information content (AvgIpc) is 2.99. The fourth-order valence-corrected chi connectivity index (χ4v) is 4.91. The Morgan fingerprint density at radius 1 is 1.12 bits per heavy atom. The number of hydrogen-bond acceptors (Lipinski definition) is 3. The number of nitrogens with one attached hydrogen (secondary N) is 2. The van der Waals surface area contributed by atoms with E-state index in [1.165, 1.54) is 0 Å². The van der Waals surface area contributed by atoms with Gasteiger partial charge in [0.05, 0.1) is 22.6 Å². The fraction of sp³-hybridized carbons (Fsp3) is 0.250. The van der Waals surface area contributed by atoms with Crippen molar-refractivity contribution >= 4 is 27.6 Å². The van der Waals surface area contributed by atoms with E-state index in [0.29, 0.717) is 25.1 Å². The molecule has 2 heterocycles. The van der Waals surface area contributed by atoms with Gasteiger partial charge >= 0.3 is 0 Å². The molecular formula is C20H21N3O2S. The Morgan fingerprint density at radius 2 is 1.92 bits per heavy atom. The van der Waals surface area contributed by atoms with E-state index in [1.54, 1.807) is 0 Å². The second kappa shape index (κ2) is 7.05. The summed E-state index contributed by atoms with van der Waals surface area (Å²) in [5.74, 6) is 0.0951. The van der Waals surface area contributed by atoms with Crippen LogP contribution in [0.3, 0.4) is 0 Å². The highest BCUT2D eigenvalue weighted by Crippen LogP contribution is 2.27. The van der Waals surface area contributed by atoms with E-state index in [4.69, 9.17) is 5.73 Å². The highest BCUT2D eigenvalue weighted by atomic mass is 32.2. The minimum atomic E-state index is -1.16. The Kier molecular flexibility index (Phi) is 4.61. The minimum Gasteiger partial charge on any atom is -0.368 e. The number of H-pyrrole nitrogens is 1. The van der Waals surface area contributed by atoms with Crippen molar-refractivity contribution in [3.8, 4) is 0 Å². The molecule has 4 N–H and O–H groups in total. The lowest BCUT2D eigenvalue weighted by molar-refractivity contribution is -0.120. The van der Waals surface area contributed by atoms with Crippen LogP contribution in [0.5, 0.6) is 0 Å². The maximum atomic E-state index is 13.1. The molecule has 0 aliphatic carbocycles. The number of fused-ring (bicyclic) bond motifs is 5. The summed E-state index contributed by atoms with van der Waals surface area (Å²) in [5.41, 5.74) is 9.63. The SMILES string of the molecule is NC(=O)C1Cc2cccc(c2)CS(=O)c2[nH]c3ccccc3c2CCN1. The van der Waals surface area contributed by atoms with E-state index in [0.717, 1.165) is 32.6 Å². The average molecular weight is 367 g/mol. The molecule has 6 heteroatoms. The van der Waals surface area contributed by atoms with Crippen molar-refractivity contribution in [3.05, 3.63) is 65.2 Å². The molecule has 1 amide bonds. The maximum absolute atomic E-state index is 13.1. The van der Waals surface area contributed by atoms with E-state index in [2.05, 4.69) is 10.3 Å². The summed E-state index contributed by atoms with van der Waals surface area (Å²) < 4.78 is 13.1. The summed E-state index contributed by atoms with van der Waals surface area (Å²) in [6.07, 6.45) is 1.22. The normalized spacial score (nSPS) is 20.8. The van der Waals surface area contributed by atoms with Gasteiger partial charge in [-0.1, -0.05) is 42.5 Å². The quantitative estimate of drug-likeness (QED) is 0.615. The van der Waals surface area contributed by atoms with E-state index < -0.39 is 16.8 Å². The van der Waals surface area contributed by atoms with Crippen LogP contribution in [0.15, 0.2) is 53.6 Å².